The molecule has 0 radical (unpaired) electrons. The number of rotatable bonds is 5. The lowest BCUT2D eigenvalue weighted by atomic mass is 9.91. The minimum absolute atomic E-state index is 0.0778. The number of benzene rings is 2. The van der Waals surface area contributed by atoms with E-state index in [-0.39, 0.29) is 18.2 Å². The van der Waals surface area contributed by atoms with Crippen molar-refractivity contribution in [3.05, 3.63) is 65.7 Å². The molecule has 0 aromatic heterocycles. The molecule has 4 heteroatoms. The first-order valence-electron chi connectivity index (χ1n) is 8.59. The Morgan fingerprint density at radius 1 is 1.00 bits per heavy atom. The number of hydrogen-bond acceptors (Lipinski definition) is 4. The molecule has 3 atom stereocenters. The van der Waals surface area contributed by atoms with Crippen LogP contribution in [0.1, 0.15) is 30.0 Å². The fourth-order valence-electron chi connectivity index (χ4n) is 3.28. The van der Waals surface area contributed by atoms with Crippen LogP contribution in [-0.2, 0) is 0 Å². The van der Waals surface area contributed by atoms with Crippen molar-refractivity contribution in [1.29, 1.82) is 0 Å². The highest BCUT2D eigenvalue weighted by Crippen LogP contribution is 2.33. The first-order valence-corrected chi connectivity index (χ1v) is 8.59. The average Bonchev–Trinajstić information content (AvgIpc) is 2.66. The van der Waals surface area contributed by atoms with Crippen LogP contribution < -0.4 is 14.8 Å². The molecule has 1 aliphatic rings. The molecule has 1 aliphatic heterocycles. The zero-order valence-electron chi connectivity index (χ0n) is 14.7. The van der Waals surface area contributed by atoms with Gasteiger partial charge >= 0.3 is 0 Å². The van der Waals surface area contributed by atoms with Crippen molar-refractivity contribution in [2.24, 2.45) is 0 Å². The van der Waals surface area contributed by atoms with Crippen LogP contribution >= 0.6 is 0 Å². The second-order valence-electron chi connectivity index (χ2n) is 6.34. The number of piperidine rings is 1. The van der Waals surface area contributed by atoms with Gasteiger partial charge in [-0.1, -0.05) is 48.6 Å². The van der Waals surface area contributed by atoms with Crippen molar-refractivity contribution in [1.82, 2.24) is 5.32 Å². The SMILES string of the molecule is COc1ccc([C@@H]2C[C@@H](O)C[C@H](/C=C/c3ccccc3)N2)cc1OC. The van der Waals surface area contributed by atoms with Gasteiger partial charge in [-0.2, -0.15) is 0 Å². The molecule has 25 heavy (non-hydrogen) atoms. The third-order valence-electron chi connectivity index (χ3n) is 4.58. The van der Waals surface area contributed by atoms with Gasteiger partial charge in [0, 0.05) is 12.1 Å². The van der Waals surface area contributed by atoms with Gasteiger partial charge in [-0.15, -0.1) is 0 Å². The highest BCUT2D eigenvalue weighted by molar-refractivity contribution is 5.50. The summed E-state index contributed by atoms with van der Waals surface area (Å²) in [5.41, 5.74) is 2.25. The molecule has 1 saturated heterocycles. The van der Waals surface area contributed by atoms with Crippen molar-refractivity contribution in [2.45, 2.75) is 31.0 Å². The molecule has 132 valence electrons. The summed E-state index contributed by atoms with van der Waals surface area (Å²) in [6.07, 6.45) is 5.30. The highest BCUT2D eigenvalue weighted by atomic mass is 16.5. The maximum absolute atomic E-state index is 10.3. The van der Waals surface area contributed by atoms with Crippen molar-refractivity contribution < 1.29 is 14.6 Å². The maximum Gasteiger partial charge on any atom is 0.161 e. The standard InChI is InChI=1S/C21H25NO3/c1-24-20-11-9-16(12-21(20)25-2)19-14-18(23)13-17(22-19)10-8-15-6-4-3-5-7-15/h3-12,17-19,22-23H,13-14H2,1-2H3/b10-8+/t17-,18-,19-/m0/s1. The Morgan fingerprint density at radius 3 is 2.48 bits per heavy atom. The third-order valence-corrected chi connectivity index (χ3v) is 4.58. The lowest BCUT2D eigenvalue weighted by Gasteiger charge is -2.33. The number of nitrogens with one attached hydrogen (secondary N) is 1. The lowest BCUT2D eigenvalue weighted by molar-refractivity contribution is 0.103. The second kappa shape index (κ2) is 8.19. The number of hydrogen-bond donors (Lipinski definition) is 2. The van der Waals surface area contributed by atoms with Crippen LogP contribution in [0.3, 0.4) is 0 Å². The van der Waals surface area contributed by atoms with Gasteiger partial charge in [0.05, 0.1) is 20.3 Å². The van der Waals surface area contributed by atoms with Gasteiger partial charge in [0.15, 0.2) is 11.5 Å². The molecule has 0 saturated carbocycles. The fraction of sp³-hybridized carbons (Fsp3) is 0.333. The summed E-state index contributed by atoms with van der Waals surface area (Å²) in [7, 11) is 3.26. The normalized spacial score (nSPS) is 23.6. The number of ether oxygens (including phenoxy) is 2. The van der Waals surface area contributed by atoms with Gasteiger partial charge in [-0.05, 0) is 36.1 Å². The minimum Gasteiger partial charge on any atom is -0.493 e. The summed E-state index contributed by atoms with van der Waals surface area (Å²) in [5.74, 6) is 1.42. The monoisotopic (exact) mass is 339 g/mol. The van der Waals surface area contributed by atoms with E-state index in [4.69, 9.17) is 9.47 Å². The Morgan fingerprint density at radius 2 is 1.76 bits per heavy atom. The molecule has 4 nitrogen and oxygen atoms in total. The molecule has 3 rings (SSSR count). The Bertz CT molecular complexity index is 714. The van der Waals surface area contributed by atoms with Crippen LogP contribution in [0.5, 0.6) is 11.5 Å². The van der Waals surface area contributed by atoms with E-state index < -0.39 is 0 Å². The molecule has 0 unspecified atom stereocenters. The summed E-state index contributed by atoms with van der Waals surface area (Å²) in [4.78, 5) is 0. The summed E-state index contributed by atoms with van der Waals surface area (Å²) in [6, 6.07) is 16.3. The summed E-state index contributed by atoms with van der Waals surface area (Å²) < 4.78 is 10.7. The molecule has 0 bridgehead atoms. The van der Waals surface area contributed by atoms with E-state index in [1.165, 1.54) is 0 Å². The van der Waals surface area contributed by atoms with Crippen LogP contribution in [0.4, 0.5) is 0 Å². The van der Waals surface area contributed by atoms with Crippen LogP contribution in [0.15, 0.2) is 54.6 Å². The van der Waals surface area contributed by atoms with Crippen molar-refractivity contribution in [3.8, 4) is 11.5 Å². The molecule has 0 amide bonds. The zero-order valence-corrected chi connectivity index (χ0v) is 14.7. The third kappa shape index (κ3) is 4.41. The van der Waals surface area contributed by atoms with Gasteiger partial charge < -0.3 is 19.9 Å². The fourth-order valence-corrected chi connectivity index (χ4v) is 3.28. The van der Waals surface area contributed by atoms with E-state index in [1.807, 2.05) is 36.4 Å². The summed E-state index contributed by atoms with van der Waals surface area (Å²) in [5, 5.41) is 13.9. The summed E-state index contributed by atoms with van der Waals surface area (Å²) in [6.45, 7) is 0. The Hall–Kier alpha value is -2.30. The molecule has 0 aliphatic carbocycles. The van der Waals surface area contributed by atoms with E-state index >= 15 is 0 Å². The number of aliphatic hydroxyl groups is 1. The minimum atomic E-state index is -0.329. The van der Waals surface area contributed by atoms with E-state index in [0.29, 0.717) is 24.3 Å². The molecule has 0 spiro atoms. The molecule has 2 aromatic rings. The van der Waals surface area contributed by atoms with Crippen molar-refractivity contribution in [2.75, 3.05) is 14.2 Å². The number of aliphatic hydroxyl groups excluding tert-OH is 1. The van der Waals surface area contributed by atoms with E-state index in [0.717, 1.165) is 11.1 Å². The molecule has 1 fully saturated rings. The van der Waals surface area contributed by atoms with Gasteiger partial charge in [0.1, 0.15) is 0 Å². The van der Waals surface area contributed by atoms with Crippen LogP contribution in [-0.4, -0.2) is 31.5 Å². The lowest BCUT2D eigenvalue weighted by Crippen LogP contribution is -2.41. The van der Waals surface area contributed by atoms with Gasteiger partial charge in [0.25, 0.3) is 0 Å². The maximum atomic E-state index is 10.3. The predicted molar refractivity (Wildman–Crippen MR) is 99.9 cm³/mol. The first kappa shape index (κ1) is 17.5. The Kier molecular flexibility index (Phi) is 5.74. The highest BCUT2D eigenvalue weighted by Gasteiger charge is 2.27. The van der Waals surface area contributed by atoms with Crippen LogP contribution in [0.2, 0.25) is 0 Å². The molecule has 2 N–H and O–H groups in total. The number of methoxy groups -OCH3 is 2. The molecular weight excluding hydrogens is 314 g/mol. The van der Waals surface area contributed by atoms with Crippen LogP contribution in [0, 0.1) is 0 Å². The van der Waals surface area contributed by atoms with E-state index in [9.17, 15) is 5.11 Å². The zero-order chi connectivity index (χ0) is 17.6. The second-order valence-corrected chi connectivity index (χ2v) is 6.34. The van der Waals surface area contributed by atoms with Crippen molar-refractivity contribution >= 4 is 6.08 Å². The van der Waals surface area contributed by atoms with Gasteiger partial charge in [-0.25, -0.2) is 0 Å². The molecule has 2 aromatic carbocycles. The van der Waals surface area contributed by atoms with Gasteiger partial charge in [-0.3, -0.25) is 0 Å². The Balaban J connectivity index is 1.75. The largest absolute Gasteiger partial charge is 0.493 e. The molecular formula is C21H25NO3. The van der Waals surface area contributed by atoms with Gasteiger partial charge in [0.2, 0.25) is 0 Å². The van der Waals surface area contributed by atoms with E-state index in [1.54, 1.807) is 14.2 Å². The van der Waals surface area contributed by atoms with Crippen LogP contribution in [0.25, 0.3) is 6.08 Å². The smallest absolute Gasteiger partial charge is 0.161 e. The Labute approximate surface area is 149 Å². The predicted octanol–water partition coefficient (Wildman–Crippen LogP) is 3.57. The average molecular weight is 339 g/mol. The summed E-state index contributed by atoms with van der Waals surface area (Å²) >= 11 is 0. The topological polar surface area (TPSA) is 50.7 Å². The van der Waals surface area contributed by atoms with Crippen molar-refractivity contribution in [3.63, 3.8) is 0 Å². The molecule has 1 heterocycles. The quantitative estimate of drug-likeness (QED) is 0.874. The van der Waals surface area contributed by atoms with E-state index in [2.05, 4.69) is 29.6 Å². The first-order chi connectivity index (χ1) is 12.2.